The Morgan fingerprint density at radius 3 is 2.77 bits per heavy atom. The van der Waals surface area contributed by atoms with Crippen molar-refractivity contribution in [2.24, 2.45) is 7.05 Å². The molecule has 0 unspecified atom stereocenters. The second-order valence-electron chi connectivity index (χ2n) is 5.05. The third-order valence-electron chi connectivity index (χ3n) is 3.44. The number of aryl methyl sites for hydroxylation is 1. The molecule has 6 nitrogen and oxygen atoms in total. The third kappa shape index (κ3) is 3.24. The molecule has 0 spiro atoms. The molecule has 0 atom stereocenters. The van der Waals surface area contributed by atoms with Crippen LogP contribution >= 0.6 is 0 Å². The maximum absolute atomic E-state index is 11.8. The minimum atomic E-state index is -1.58. The predicted molar refractivity (Wildman–Crippen MR) is 72.3 cm³/mol. The van der Waals surface area contributed by atoms with Gasteiger partial charge >= 0.3 is 18.9 Å². The Balaban J connectivity index is 0.00000176. The Labute approximate surface area is 138 Å². The molecule has 1 aliphatic rings. The number of carbonyl (C=O) groups excluding carboxylic acids is 1. The molecule has 7 heteroatoms. The molecule has 0 aliphatic heterocycles. The Morgan fingerprint density at radius 2 is 2.14 bits per heavy atom. The molecule has 1 aromatic carbocycles. The van der Waals surface area contributed by atoms with E-state index < -0.39 is 17.1 Å². The summed E-state index contributed by atoms with van der Waals surface area (Å²) in [6, 6.07) is 7.42. The summed E-state index contributed by atoms with van der Waals surface area (Å²) in [5.41, 5.74) is -0.130. The van der Waals surface area contributed by atoms with Crippen LogP contribution in [0.5, 0.6) is 11.5 Å². The quantitative estimate of drug-likeness (QED) is 0.598. The normalized spacial score (nSPS) is 13.3. The van der Waals surface area contributed by atoms with Crippen LogP contribution in [-0.2, 0) is 7.05 Å². The number of ether oxygens (including phenoxy) is 1. The predicted octanol–water partition coefficient (Wildman–Crippen LogP) is -2.18. The van der Waals surface area contributed by atoms with Gasteiger partial charge in [-0.25, -0.2) is 4.68 Å². The third-order valence-corrected chi connectivity index (χ3v) is 3.44. The molecular formula is C15H13LiN2O4. The Kier molecular flexibility index (Phi) is 4.74. The van der Waals surface area contributed by atoms with E-state index in [1.807, 2.05) is 18.2 Å². The van der Waals surface area contributed by atoms with Crippen LogP contribution in [0, 0.1) is 0 Å². The Morgan fingerprint density at radius 1 is 1.41 bits per heavy atom. The SMILES string of the molecule is Cn1ncc(Oc2cccc(C3CC3)c2)c(C(=O)[O-])c1=O.[Li+]. The average Bonchev–Trinajstić information content (AvgIpc) is 3.27. The summed E-state index contributed by atoms with van der Waals surface area (Å²) in [4.78, 5) is 22.9. The van der Waals surface area contributed by atoms with Gasteiger partial charge in [-0.1, -0.05) is 12.1 Å². The zero-order valence-electron chi connectivity index (χ0n) is 12.4. The molecule has 0 bridgehead atoms. The van der Waals surface area contributed by atoms with E-state index in [0.717, 1.165) is 23.1 Å². The average molecular weight is 292 g/mol. The van der Waals surface area contributed by atoms with Gasteiger partial charge in [-0.2, -0.15) is 5.10 Å². The van der Waals surface area contributed by atoms with Crippen LogP contribution in [0.3, 0.4) is 0 Å². The first kappa shape index (κ1) is 16.3. The number of aromatic nitrogens is 2. The maximum Gasteiger partial charge on any atom is 1.00 e. The van der Waals surface area contributed by atoms with Gasteiger partial charge < -0.3 is 14.6 Å². The minimum absolute atomic E-state index is 0. The second kappa shape index (κ2) is 6.39. The molecule has 0 N–H and O–H groups in total. The number of carbonyl (C=O) groups is 1. The molecule has 22 heavy (non-hydrogen) atoms. The van der Waals surface area contributed by atoms with Crippen LogP contribution < -0.4 is 34.3 Å². The summed E-state index contributed by atoms with van der Waals surface area (Å²) in [6.07, 6.45) is 3.51. The van der Waals surface area contributed by atoms with Gasteiger partial charge in [-0.05, 0) is 36.5 Å². The van der Waals surface area contributed by atoms with Crippen LogP contribution in [0.1, 0.15) is 34.7 Å². The van der Waals surface area contributed by atoms with Crippen molar-refractivity contribution < 1.29 is 33.5 Å². The topological polar surface area (TPSA) is 84.2 Å². The van der Waals surface area contributed by atoms with Crippen molar-refractivity contribution in [3.05, 3.63) is 51.9 Å². The molecule has 1 aromatic heterocycles. The molecule has 1 saturated carbocycles. The van der Waals surface area contributed by atoms with Gasteiger partial charge in [0.05, 0.1) is 12.2 Å². The van der Waals surface area contributed by atoms with E-state index in [1.54, 1.807) is 6.07 Å². The minimum Gasteiger partial charge on any atom is -0.544 e. The van der Waals surface area contributed by atoms with E-state index in [1.165, 1.54) is 13.2 Å². The van der Waals surface area contributed by atoms with Gasteiger partial charge in [0.2, 0.25) is 0 Å². The smallest absolute Gasteiger partial charge is 0.544 e. The van der Waals surface area contributed by atoms with Gasteiger partial charge in [-0.3, -0.25) is 4.79 Å². The molecule has 0 radical (unpaired) electrons. The first-order valence-corrected chi connectivity index (χ1v) is 6.61. The fourth-order valence-electron chi connectivity index (χ4n) is 2.16. The van der Waals surface area contributed by atoms with Crippen LogP contribution in [0.15, 0.2) is 35.3 Å². The van der Waals surface area contributed by atoms with Crippen molar-refractivity contribution in [3.8, 4) is 11.5 Å². The maximum atomic E-state index is 11.8. The van der Waals surface area contributed by atoms with Gasteiger partial charge in [-0.15, -0.1) is 0 Å². The number of hydrogen-bond donors (Lipinski definition) is 0. The zero-order valence-corrected chi connectivity index (χ0v) is 12.4. The first-order valence-electron chi connectivity index (χ1n) is 6.61. The number of benzene rings is 1. The molecule has 3 rings (SSSR count). The van der Waals surface area contributed by atoms with Crippen LogP contribution in [0.4, 0.5) is 0 Å². The van der Waals surface area contributed by atoms with Gasteiger partial charge in [0, 0.05) is 7.05 Å². The Bertz CT molecular complexity index is 768. The standard InChI is InChI=1S/C15H14N2O4.Li/c1-17-14(18)13(15(19)20)12(8-16-17)21-11-4-2-3-10(7-11)9-5-6-9;/h2-4,7-9H,5-6H2,1H3,(H,19,20);/q;+1/p-1. The molecule has 1 aliphatic carbocycles. The summed E-state index contributed by atoms with van der Waals surface area (Å²) in [7, 11) is 1.37. The van der Waals surface area contributed by atoms with Crippen molar-refractivity contribution >= 4 is 5.97 Å². The fraction of sp³-hybridized carbons (Fsp3) is 0.267. The van der Waals surface area contributed by atoms with Crippen LogP contribution in [0.25, 0.3) is 0 Å². The summed E-state index contributed by atoms with van der Waals surface area (Å²) in [5, 5.41) is 14.9. The Hall–Kier alpha value is -2.03. The van der Waals surface area contributed by atoms with Crippen molar-refractivity contribution in [1.82, 2.24) is 9.78 Å². The second-order valence-corrected chi connectivity index (χ2v) is 5.05. The first-order chi connectivity index (χ1) is 10.1. The molecule has 1 heterocycles. The molecule has 1 fully saturated rings. The van der Waals surface area contributed by atoms with Gasteiger partial charge in [0.25, 0.3) is 5.56 Å². The number of carboxylic acids is 1. The van der Waals surface area contributed by atoms with E-state index in [-0.39, 0.29) is 24.6 Å². The molecule has 0 amide bonds. The van der Waals surface area contributed by atoms with E-state index in [0.29, 0.717) is 11.7 Å². The van der Waals surface area contributed by atoms with Gasteiger partial charge in [0.15, 0.2) is 5.75 Å². The number of carboxylic acid groups (broad SMARTS) is 1. The van der Waals surface area contributed by atoms with Gasteiger partial charge in [0.1, 0.15) is 11.3 Å². The molecular weight excluding hydrogens is 279 g/mol. The number of nitrogens with zero attached hydrogens (tertiary/aromatic N) is 2. The van der Waals surface area contributed by atoms with Crippen molar-refractivity contribution in [3.63, 3.8) is 0 Å². The molecule has 2 aromatic rings. The van der Waals surface area contributed by atoms with Crippen molar-refractivity contribution in [1.29, 1.82) is 0 Å². The van der Waals surface area contributed by atoms with E-state index in [4.69, 9.17) is 4.74 Å². The monoisotopic (exact) mass is 292 g/mol. The summed E-state index contributed by atoms with van der Waals surface area (Å²) < 4.78 is 6.46. The van der Waals surface area contributed by atoms with E-state index in [9.17, 15) is 14.7 Å². The van der Waals surface area contributed by atoms with Crippen LogP contribution in [-0.4, -0.2) is 15.7 Å². The fourth-order valence-corrected chi connectivity index (χ4v) is 2.16. The summed E-state index contributed by atoms with van der Waals surface area (Å²) in [5.74, 6) is -0.648. The van der Waals surface area contributed by atoms with Crippen molar-refractivity contribution in [2.45, 2.75) is 18.8 Å². The van der Waals surface area contributed by atoms with E-state index in [2.05, 4.69) is 5.10 Å². The number of rotatable bonds is 4. The number of aromatic carboxylic acids is 1. The summed E-state index contributed by atoms with van der Waals surface area (Å²) in [6.45, 7) is 0. The largest absolute Gasteiger partial charge is 1.00 e. The van der Waals surface area contributed by atoms with Crippen LogP contribution in [0.2, 0.25) is 0 Å². The van der Waals surface area contributed by atoms with Crippen molar-refractivity contribution in [2.75, 3.05) is 0 Å². The number of hydrogen-bond acceptors (Lipinski definition) is 5. The summed E-state index contributed by atoms with van der Waals surface area (Å²) >= 11 is 0. The van der Waals surface area contributed by atoms with E-state index >= 15 is 0 Å². The zero-order chi connectivity index (χ0) is 15.0. The molecule has 108 valence electrons. The molecule has 0 saturated heterocycles.